The Morgan fingerprint density at radius 1 is 0.735 bits per heavy atom. The molecule has 3 heterocycles. The third-order valence-electron chi connectivity index (χ3n) is 9.58. The van der Waals surface area contributed by atoms with Crippen LogP contribution >= 0.6 is 0 Å². The van der Waals surface area contributed by atoms with E-state index in [1.54, 1.807) is 6.92 Å². The lowest BCUT2D eigenvalue weighted by molar-refractivity contribution is -0.361. The molecule has 15 heteroatoms. The Kier molecular flexibility index (Phi) is 16.7. The van der Waals surface area contributed by atoms with E-state index in [9.17, 15) is 45.3 Å². The monoisotopic (exact) mass is 707 g/mol. The smallest absolute Gasteiger partial charge is 0.220 e. The molecule has 3 saturated heterocycles. The minimum absolute atomic E-state index is 0.221. The molecule has 8 N–H and O–H groups in total. The number of aliphatic hydroxyl groups is 7. The van der Waals surface area contributed by atoms with Gasteiger partial charge in [-0.25, -0.2) is 0 Å². The van der Waals surface area contributed by atoms with E-state index in [4.69, 9.17) is 23.7 Å². The summed E-state index contributed by atoms with van der Waals surface area (Å²) in [5.74, 6) is -0.0924. The normalized spacial score (nSPS) is 38.7. The molecule has 15 nitrogen and oxygen atoms in total. The highest BCUT2D eigenvalue weighted by Crippen LogP contribution is 2.37. The summed E-state index contributed by atoms with van der Waals surface area (Å²) in [5, 5.41) is 76.6. The molecule has 3 rings (SSSR count). The zero-order valence-electron chi connectivity index (χ0n) is 29.6. The third kappa shape index (κ3) is 11.8. The van der Waals surface area contributed by atoms with Crippen molar-refractivity contribution in [2.45, 2.75) is 185 Å². The molecule has 0 aromatic carbocycles. The number of hydrogen-bond acceptors (Lipinski definition) is 14. The van der Waals surface area contributed by atoms with Crippen LogP contribution in [-0.4, -0.2) is 146 Å². The Hall–Kier alpha value is -1.34. The van der Waals surface area contributed by atoms with E-state index in [1.807, 2.05) is 20.8 Å². The molecule has 0 aliphatic carbocycles. The molecule has 0 saturated carbocycles. The second kappa shape index (κ2) is 19.5. The second-order valence-corrected chi connectivity index (χ2v) is 14.9. The summed E-state index contributed by atoms with van der Waals surface area (Å²) in [6, 6.07) is -1.04. The van der Waals surface area contributed by atoms with Gasteiger partial charge in [0.15, 0.2) is 12.6 Å². The minimum Gasteiger partial charge on any atom is -0.394 e. The number of carbonyl (C=O) groups is 2. The van der Waals surface area contributed by atoms with E-state index < -0.39 is 97.8 Å². The van der Waals surface area contributed by atoms with Crippen LogP contribution in [-0.2, 0) is 33.3 Å². The molecule has 0 aromatic rings. The third-order valence-corrected chi connectivity index (χ3v) is 9.58. The first kappa shape index (κ1) is 42.1. The number of carbonyl (C=O) groups excluding carboxylic acids is 2. The second-order valence-electron chi connectivity index (χ2n) is 14.9. The number of nitrogens with one attached hydrogen (secondary N) is 1. The summed E-state index contributed by atoms with van der Waals surface area (Å²) >= 11 is 0. The maximum absolute atomic E-state index is 13.0. The molecule has 0 bridgehead atoms. The van der Waals surface area contributed by atoms with Crippen LogP contribution in [0.25, 0.3) is 0 Å². The van der Waals surface area contributed by atoms with Crippen molar-refractivity contribution in [3.8, 4) is 0 Å². The highest BCUT2D eigenvalue weighted by atomic mass is 16.7. The fourth-order valence-corrected chi connectivity index (χ4v) is 6.63. The SMILES string of the molecule is CC(=O)CCCCCCCCCCC(=O)N[C@H]1C(CO)O[C@@H](C(C)(C)C)C(O[C@@H]2OC(C)[C@H](O[C@@H]3OC[C@@H](O)C(O)C3O)C(O)C2O)C1O. The lowest BCUT2D eigenvalue weighted by atomic mass is 9.79. The number of ether oxygens (including phenoxy) is 5. The molecule has 1 amide bonds. The zero-order valence-corrected chi connectivity index (χ0v) is 29.6. The number of rotatable bonds is 17. The van der Waals surface area contributed by atoms with Crippen LogP contribution in [0.3, 0.4) is 0 Å². The molecule has 3 aliphatic rings. The van der Waals surface area contributed by atoms with Gasteiger partial charge in [-0.05, 0) is 32.1 Å². The molecule has 14 atom stereocenters. The Morgan fingerprint density at radius 2 is 1.29 bits per heavy atom. The summed E-state index contributed by atoms with van der Waals surface area (Å²) < 4.78 is 29.2. The summed E-state index contributed by atoms with van der Waals surface area (Å²) in [7, 11) is 0. The van der Waals surface area contributed by atoms with Crippen molar-refractivity contribution in [2.75, 3.05) is 13.2 Å². The lowest BCUT2D eigenvalue weighted by Gasteiger charge is -2.51. The van der Waals surface area contributed by atoms with Crippen LogP contribution in [0.1, 0.15) is 98.8 Å². The molecular weight excluding hydrogens is 646 g/mol. The van der Waals surface area contributed by atoms with Crippen LogP contribution in [0.2, 0.25) is 0 Å². The van der Waals surface area contributed by atoms with Crippen molar-refractivity contribution in [1.82, 2.24) is 5.32 Å². The average molecular weight is 708 g/mol. The quantitative estimate of drug-likeness (QED) is 0.0916. The Labute approximate surface area is 289 Å². The van der Waals surface area contributed by atoms with E-state index in [0.29, 0.717) is 12.8 Å². The molecule has 0 spiro atoms. The van der Waals surface area contributed by atoms with Crippen molar-refractivity contribution < 1.29 is 69.0 Å². The molecule has 8 unspecified atom stereocenters. The van der Waals surface area contributed by atoms with Gasteiger partial charge in [-0.1, -0.05) is 59.3 Å². The van der Waals surface area contributed by atoms with Gasteiger partial charge < -0.3 is 69.5 Å². The highest BCUT2D eigenvalue weighted by molar-refractivity contribution is 5.76. The standard InChI is InChI=1S/C34H61NO14/c1-18(37)14-12-10-8-6-7-9-11-13-15-22(39)35-23-21(16-36)47-31(34(3,4)5)30(25(23)41)49-33-28(44)26(42)29(19(2)46-33)48-32-27(43)24(40)20(38)17-45-32/h19-21,23-33,36,38,40-44H,6-17H2,1-5H3,(H,35,39)/t19?,20-,21?,23+,24?,25?,26?,27?,28?,29+,30?,31-,32+,33+/m1/s1. The van der Waals surface area contributed by atoms with Crippen molar-refractivity contribution >= 4 is 11.7 Å². The predicted molar refractivity (Wildman–Crippen MR) is 174 cm³/mol. The van der Waals surface area contributed by atoms with Crippen molar-refractivity contribution in [2.24, 2.45) is 5.41 Å². The van der Waals surface area contributed by atoms with Gasteiger partial charge in [0.25, 0.3) is 0 Å². The van der Waals surface area contributed by atoms with Crippen LogP contribution in [0.15, 0.2) is 0 Å². The molecule has 49 heavy (non-hydrogen) atoms. The van der Waals surface area contributed by atoms with Gasteiger partial charge in [-0.15, -0.1) is 0 Å². The van der Waals surface area contributed by atoms with E-state index >= 15 is 0 Å². The van der Waals surface area contributed by atoms with E-state index in [-0.39, 0.29) is 24.7 Å². The van der Waals surface area contributed by atoms with Crippen LogP contribution in [0.4, 0.5) is 0 Å². The number of unbranched alkanes of at least 4 members (excludes halogenated alkanes) is 7. The van der Waals surface area contributed by atoms with E-state index in [0.717, 1.165) is 44.9 Å². The first-order valence-corrected chi connectivity index (χ1v) is 17.8. The molecule has 3 fully saturated rings. The van der Waals surface area contributed by atoms with Gasteiger partial charge in [0.2, 0.25) is 5.91 Å². The Balaban J connectivity index is 1.58. The van der Waals surface area contributed by atoms with Gasteiger partial charge in [0.05, 0.1) is 31.5 Å². The first-order chi connectivity index (χ1) is 23.1. The van der Waals surface area contributed by atoms with E-state index in [2.05, 4.69) is 5.32 Å². The van der Waals surface area contributed by atoms with E-state index in [1.165, 1.54) is 6.92 Å². The number of ketones is 1. The topological polar surface area (TPSA) is 234 Å². The molecular formula is C34H61NO14. The van der Waals surface area contributed by atoms with Crippen LogP contribution in [0, 0.1) is 5.41 Å². The number of hydrogen-bond donors (Lipinski definition) is 8. The Morgan fingerprint density at radius 3 is 1.86 bits per heavy atom. The van der Waals surface area contributed by atoms with Crippen LogP contribution in [0.5, 0.6) is 0 Å². The van der Waals surface area contributed by atoms with Gasteiger partial charge >= 0.3 is 0 Å². The Bertz CT molecular complexity index is 1010. The van der Waals surface area contributed by atoms with Gasteiger partial charge in [0, 0.05) is 12.8 Å². The molecule has 3 aliphatic heterocycles. The predicted octanol–water partition coefficient (Wildman–Crippen LogP) is -0.196. The number of Topliss-reactive ketones (excluding diaryl/α,β-unsaturated/α-hetero) is 1. The first-order valence-electron chi connectivity index (χ1n) is 17.8. The van der Waals surface area contributed by atoms with Gasteiger partial charge in [0.1, 0.15) is 60.7 Å². The summed E-state index contributed by atoms with van der Waals surface area (Å²) in [6.07, 6.45) is -8.65. The molecule has 286 valence electrons. The maximum atomic E-state index is 13.0. The molecule has 0 radical (unpaired) electrons. The minimum atomic E-state index is -1.70. The van der Waals surface area contributed by atoms with Crippen LogP contribution < -0.4 is 5.32 Å². The zero-order chi connectivity index (χ0) is 36.5. The summed E-state index contributed by atoms with van der Waals surface area (Å²) in [4.78, 5) is 24.0. The highest BCUT2D eigenvalue weighted by Gasteiger charge is 2.54. The lowest BCUT2D eigenvalue weighted by Crippen LogP contribution is -2.69. The summed E-state index contributed by atoms with van der Waals surface area (Å²) in [6.45, 7) is 7.89. The largest absolute Gasteiger partial charge is 0.394 e. The fraction of sp³-hybridized carbons (Fsp3) is 0.941. The fourth-order valence-electron chi connectivity index (χ4n) is 6.63. The number of aliphatic hydroxyl groups excluding tert-OH is 7. The molecule has 0 aromatic heterocycles. The summed E-state index contributed by atoms with van der Waals surface area (Å²) in [5.41, 5.74) is -0.642. The van der Waals surface area contributed by atoms with Crippen molar-refractivity contribution in [3.05, 3.63) is 0 Å². The van der Waals surface area contributed by atoms with Crippen molar-refractivity contribution in [3.63, 3.8) is 0 Å². The number of amides is 1. The maximum Gasteiger partial charge on any atom is 0.220 e. The average Bonchev–Trinajstić information content (AvgIpc) is 3.03. The van der Waals surface area contributed by atoms with Crippen molar-refractivity contribution in [1.29, 1.82) is 0 Å². The van der Waals surface area contributed by atoms with Gasteiger partial charge in [-0.3, -0.25) is 4.79 Å². The van der Waals surface area contributed by atoms with Gasteiger partial charge in [-0.2, -0.15) is 0 Å².